The number of nitrogens with zero attached hydrogens (tertiary/aromatic N) is 3. The lowest BCUT2D eigenvalue weighted by Gasteiger charge is -2.14. The maximum absolute atomic E-state index is 13.9. The van der Waals surface area contributed by atoms with Gasteiger partial charge in [0.25, 0.3) is 11.8 Å². The predicted octanol–water partition coefficient (Wildman–Crippen LogP) is 4.63. The van der Waals surface area contributed by atoms with Gasteiger partial charge in [-0.2, -0.15) is 0 Å². The Kier molecular flexibility index (Phi) is 9.42. The molecule has 10 heteroatoms. The lowest BCUT2D eigenvalue weighted by atomic mass is 10.1. The number of aliphatic imine (C=N–C) groups is 1. The van der Waals surface area contributed by atoms with Gasteiger partial charge in [-0.3, -0.25) is 14.6 Å². The molecule has 0 bridgehead atoms. The van der Waals surface area contributed by atoms with Crippen molar-refractivity contribution in [1.29, 1.82) is 0 Å². The van der Waals surface area contributed by atoms with Crippen LogP contribution in [0.3, 0.4) is 0 Å². The van der Waals surface area contributed by atoms with Gasteiger partial charge in [0.05, 0.1) is 7.11 Å². The molecule has 3 rings (SSSR count). The number of amides is 2. The summed E-state index contributed by atoms with van der Waals surface area (Å²) in [6, 6.07) is 9.60. The van der Waals surface area contributed by atoms with Crippen LogP contribution < -0.4 is 20.1 Å². The number of halogens is 1. The fourth-order valence-corrected chi connectivity index (χ4v) is 3.35. The Balaban J connectivity index is 1.70. The van der Waals surface area contributed by atoms with Gasteiger partial charge < -0.3 is 20.1 Å². The summed E-state index contributed by atoms with van der Waals surface area (Å²) in [5.41, 5.74) is 2.06. The Labute approximate surface area is 214 Å². The lowest BCUT2D eigenvalue weighted by Crippen LogP contribution is -2.24. The van der Waals surface area contributed by atoms with Crippen molar-refractivity contribution < 1.29 is 23.5 Å². The van der Waals surface area contributed by atoms with Crippen LogP contribution in [-0.2, 0) is 11.3 Å². The third-order valence-corrected chi connectivity index (χ3v) is 5.34. The summed E-state index contributed by atoms with van der Waals surface area (Å²) in [6.07, 6.45) is 6.69. The van der Waals surface area contributed by atoms with Gasteiger partial charge in [-0.15, -0.1) is 0 Å². The number of methoxy groups -OCH3 is 1. The van der Waals surface area contributed by atoms with Crippen LogP contribution in [0.4, 0.5) is 10.2 Å². The molecule has 9 nitrogen and oxygen atoms in total. The molecule has 0 unspecified atom stereocenters. The molecular weight excluding hydrogens is 477 g/mol. The highest BCUT2D eigenvalue weighted by molar-refractivity contribution is 6.05. The van der Waals surface area contributed by atoms with Crippen LogP contribution >= 0.6 is 0 Å². The third kappa shape index (κ3) is 7.20. The third-order valence-electron chi connectivity index (χ3n) is 5.34. The van der Waals surface area contributed by atoms with E-state index in [0.717, 1.165) is 0 Å². The topological polar surface area (TPSA) is 115 Å². The fourth-order valence-electron chi connectivity index (χ4n) is 3.35. The molecule has 3 aromatic rings. The van der Waals surface area contributed by atoms with Crippen LogP contribution in [0.25, 0.3) is 0 Å². The number of ether oxygens (including phenoxy) is 2. The molecule has 37 heavy (non-hydrogen) atoms. The van der Waals surface area contributed by atoms with Crippen LogP contribution in [0.2, 0.25) is 0 Å². The number of rotatable bonds is 10. The van der Waals surface area contributed by atoms with E-state index >= 15 is 0 Å². The number of pyridine rings is 2. The standard InChI is InChI=1S/C27H28FN5O4/c1-5-19(9-11-29-3)25(34)33-24-14-20(10-12-30-24)37-23-8-6-7-21(17(23)2)26(35)31-15-18-13-22(28)27(36-4)32-16-18/h6-14,16H,5,15H2,1-4H3,(H,31,35)(H,30,33,34)/b19-9+,29-11?. The molecule has 2 aromatic heterocycles. The molecule has 0 saturated carbocycles. The maximum Gasteiger partial charge on any atom is 0.252 e. The Morgan fingerprint density at radius 1 is 1.19 bits per heavy atom. The van der Waals surface area contributed by atoms with Crippen molar-refractivity contribution in [3.63, 3.8) is 0 Å². The summed E-state index contributed by atoms with van der Waals surface area (Å²) in [5.74, 6) is -0.134. The van der Waals surface area contributed by atoms with Crippen molar-refractivity contribution >= 4 is 23.8 Å². The average molecular weight is 506 g/mol. The normalized spacial score (nSPS) is 11.3. The summed E-state index contributed by atoms with van der Waals surface area (Å²) >= 11 is 0. The quantitative estimate of drug-likeness (QED) is 0.307. The minimum absolute atomic E-state index is 0.0863. The smallest absolute Gasteiger partial charge is 0.252 e. The van der Waals surface area contributed by atoms with Crippen molar-refractivity contribution in [2.45, 2.75) is 26.8 Å². The van der Waals surface area contributed by atoms with E-state index in [0.29, 0.717) is 46.0 Å². The number of carbonyl (C=O) groups excluding carboxylic acids is 2. The van der Waals surface area contributed by atoms with Crippen molar-refractivity contribution in [1.82, 2.24) is 15.3 Å². The summed E-state index contributed by atoms with van der Waals surface area (Å²) in [5, 5.41) is 5.51. The molecule has 0 saturated heterocycles. The van der Waals surface area contributed by atoms with Crippen LogP contribution in [0, 0.1) is 12.7 Å². The van der Waals surface area contributed by atoms with Gasteiger partial charge in [0.15, 0.2) is 5.82 Å². The number of hydrogen-bond acceptors (Lipinski definition) is 7. The number of anilines is 1. The fraction of sp³-hybridized carbons (Fsp3) is 0.222. The minimum Gasteiger partial charge on any atom is -0.479 e. The molecule has 1 aromatic carbocycles. The second-order valence-electron chi connectivity index (χ2n) is 7.83. The van der Waals surface area contributed by atoms with E-state index in [9.17, 15) is 14.0 Å². The van der Waals surface area contributed by atoms with E-state index in [-0.39, 0.29) is 24.2 Å². The van der Waals surface area contributed by atoms with E-state index in [1.54, 1.807) is 56.6 Å². The first-order valence-electron chi connectivity index (χ1n) is 11.5. The SMILES string of the molecule is CC/C(=C\C=NC)C(=O)Nc1cc(Oc2cccc(C(=O)NCc3cnc(OC)c(F)c3)c2C)ccn1. The molecule has 2 amide bonds. The van der Waals surface area contributed by atoms with E-state index in [1.807, 2.05) is 6.92 Å². The second-order valence-corrected chi connectivity index (χ2v) is 7.83. The molecule has 0 atom stereocenters. The van der Waals surface area contributed by atoms with Gasteiger partial charge in [-0.25, -0.2) is 14.4 Å². The molecule has 0 aliphatic carbocycles. The van der Waals surface area contributed by atoms with Gasteiger partial charge in [-0.1, -0.05) is 13.0 Å². The number of carbonyl (C=O) groups is 2. The number of benzene rings is 1. The monoisotopic (exact) mass is 505 g/mol. The summed E-state index contributed by atoms with van der Waals surface area (Å²) in [6.45, 7) is 3.72. The van der Waals surface area contributed by atoms with Crippen molar-refractivity contribution in [3.8, 4) is 17.4 Å². The Bertz CT molecular complexity index is 1340. The van der Waals surface area contributed by atoms with Gasteiger partial charge >= 0.3 is 0 Å². The molecule has 0 radical (unpaired) electrons. The zero-order chi connectivity index (χ0) is 26.8. The Hall–Kier alpha value is -4.60. The number of hydrogen-bond donors (Lipinski definition) is 2. The minimum atomic E-state index is -0.606. The maximum atomic E-state index is 13.9. The first-order chi connectivity index (χ1) is 17.9. The van der Waals surface area contributed by atoms with Crippen LogP contribution in [-0.4, -0.2) is 42.2 Å². The summed E-state index contributed by atoms with van der Waals surface area (Å²) in [4.78, 5) is 37.2. The van der Waals surface area contributed by atoms with Gasteiger partial charge in [0, 0.05) is 55.0 Å². The van der Waals surface area contributed by atoms with Crippen molar-refractivity contribution in [2.75, 3.05) is 19.5 Å². The summed E-state index contributed by atoms with van der Waals surface area (Å²) < 4.78 is 24.7. The molecule has 0 aliphatic heterocycles. The van der Waals surface area contributed by atoms with Crippen LogP contribution in [0.1, 0.15) is 34.8 Å². The van der Waals surface area contributed by atoms with Gasteiger partial charge in [0.1, 0.15) is 17.3 Å². The van der Waals surface area contributed by atoms with E-state index in [4.69, 9.17) is 9.47 Å². The Morgan fingerprint density at radius 3 is 2.70 bits per heavy atom. The molecule has 0 spiro atoms. The number of allylic oxidation sites excluding steroid dienone is 1. The van der Waals surface area contributed by atoms with Gasteiger partial charge in [-0.05, 0) is 49.2 Å². The van der Waals surface area contributed by atoms with E-state index < -0.39 is 5.82 Å². The van der Waals surface area contributed by atoms with Crippen LogP contribution in [0.5, 0.6) is 17.4 Å². The zero-order valence-corrected chi connectivity index (χ0v) is 21.0. The van der Waals surface area contributed by atoms with Crippen LogP contribution in [0.15, 0.2) is 65.4 Å². The first kappa shape index (κ1) is 27.0. The van der Waals surface area contributed by atoms with E-state index in [1.165, 1.54) is 25.6 Å². The van der Waals surface area contributed by atoms with Crippen molar-refractivity contribution in [2.24, 2.45) is 4.99 Å². The zero-order valence-electron chi connectivity index (χ0n) is 21.0. The van der Waals surface area contributed by atoms with Gasteiger partial charge in [0.2, 0.25) is 5.88 Å². The molecule has 0 fully saturated rings. The molecule has 192 valence electrons. The largest absolute Gasteiger partial charge is 0.479 e. The number of nitrogens with one attached hydrogen (secondary N) is 2. The lowest BCUT2D eigenvalue weighted by molar-refractivity contribution is -0.113. The molecule has 2 N–H and O–H groups in total. The molecule has 0 aliphatic rings. The highest BCUT2D eigenvalue weighted by Crippen LogP contribution is 2.28. The van der Waals surface area contributed by atoms with Crippen molar-refractivity contribution in [3.05, 3.63) is 82.9 Å². The second kappa shape index (κ2) is 12.9. The number of aromatic nitrogens is 2. The van der Waals surface area contributed by atoms with E-state index in [2.05, 4.69) is 25.6 Å². The highest BCUT2D eigenvalue weighted by Gasteiger charge is 2.15. The predicted molar refractivity (Wildman–Crippen MR) is 139 cm³/mol. The molecule has 2 heterocycles. The Morgan fingerprint density at radius 2 is 2.00 bits per heavy atom. The highest BCUT2D eigenvalue weighted by atomic mass is 19.1. The average Bonchev–Trinajstić information content (AvgIpc) is 2.89. The summed E-state index contributed by atoms with van der Waals surface area (Å²) in [7, 11) is 2.96. The molecular formula is C27H28FN5O4. The first-order valence-corrected chi connectivity index (χ1v) is 11.5.